The molecule has 94 valence electrons. The fourth-order valence-electron chi connectivity index (χ4n) is 1.73. The van der Waals surface area contributed by atoms with Crippen LogP contribution in [0.25, 0.3) is 0 Å². The molecule has 0 unspecified atom stereocenters. The molecule has 0 heterocycles. The van der Waals surface area contributed by atoms with Crippen molar-refractivity contribution in [2.24, 2.45) is 5.92 Å². The van der Waals surface area contributed by atoms with E-state index in [-0.39, 0.29) is 5.92 Å². The van der Waals surface area contributed by atoms with Crippen LogP contribution < -0.4 is 5.48 Å². The summed E-state index contributed by atoms with van der Waals surface area (Å²) in [6.07, 6.45) is 0. The Hall–Kier alpha value is -0.830. The van der Waals surface area contributed by atoms with Crippen LogP contribution in [0.15, 0.2) is 36.4 Å². The third kappa shape index (κ3) is 4.15. The van der Waals surface area contributed by atoms with E-state index in [9.17, 15) is 0 Å². The molecule has 0 radical (unpaired) electrons. The van der Waals surface area contributed by atoms with Gasteiger partial charge in [-0.25, -0.2) is 5.48 Å². The first-order valence-electron chi connectivity index (χ1n) is 5.76. The van der Waals surface area contributed by atoms with Crippen molar-refractivity contribution >= 4 is 11.6 Å². The monoisotopic (exact) mass is 253 g/mol. The summed E-state index contributed by atoms with van der Waals surface area (Å²) < 4.78 is 0. The molecule has 0 saturated heterocycles. The number of hydrogen-bond acceptors (Lipinski definition) is 2. The Kier molecular flexibility index (Phi) is 5.69. The second-order valence-corrected chi connectivity index (χ2v) is 4.82. The quantitative estimate of drug-likeness (QED) is 0.615. The van der Waals surface area contributed by atoms with Crippen molar-refractivity contribution in [3.8, 4) is 0 Å². The molecule has 0 amide bonds. The molecule has 1 atom stereocenters. The summed E-state index contributed by atoms with van der Waals surface area (Å²) >= 11 is 5.90. The van der Waals surface area contributed by atoms with Crippen LogP contribution in [0, 0.1) is 5.92 Å². The highest BCUT2D eigenvalue weighted by molar-refractivity contribution is 6.30. The van der Waals surface area contributed by atoms with Gasteiger partial charge in [-0.1, -0.05) is 49.7 Å². The number of nitrogens with one attached hydrogen (secondary N) is 1. The Morgan fingerprint density at radius 1 is 1.35 bits per heavy atom. The van der Waals surface area contributed by atoms with Gasteiger partial charge in [0.1, 0.15) is 0 Å². The number of hydrogen-bond donors (Lipinski definition) is 1. The van der Waals surface area contributed by atoms with Gasteiger partial charge >= 0.3 is 0 Å². The second-order valence-electron chi connectivity index (χ2n) is 4.39. The summed E-state index contributed by atoms with van der Waals surface area (Å²) in [5, 5.41) is 0.752. The van der Waals surface area contributed by atoms with Crippen molar-refractivity contribution in [3.63, 3.8) is 0 Å². The summed E-state index contributed by atoms with van der Waals surface area (Å²) in [6, 6.07) is 7.89. The van der Waals surface area contributed by atoms with Gasteiger partial charge in [-0.05, 0) is 23.6 Å². The van der Waals surface area contributed by atoms with Crippen molar-refractivity contribution in [1.82, 2.24) is 5.48 Å². The third-order valence-electron chi connectivity index (χ3n) is 2.89. The summed E-state index contributed by atoms with van der Waals surface area (Å²) in [4.78, 5) is 4.93. The van der Waals surface area contributed by atoms with Gasteiger partial charge in [0.2, 0.25) is 0 Å². The van der Waals surface area contributed by atoms with Crippen LogP contribution in [-0.2, 0) is 4.84 Å². The summed E-state index contributed by atoms with van der Waals surface area (Å²) in [6.45, 7) is 9.20. The van der Waals surface area contributed by atoms with E-state index in [2.05, 4.69) is 25.9 Å². The molecule has 0 aliphatic carbocycles. The molecular formula is C14H20ClNO. The van der Waals surface area contributed by atoms with Gasteiger partial charge in [0, 0.05) is 17.5 Å². The SMILES string of the molecule is C=C(C(C)C)[C@H](CNOC)c1ccc(Cl)cc1. The highest BCUT2D eigenvalue weighted by atomic mass is 35.5. The minimum Gasteiger partial charge on any atom is -0.305 e. The van der Waals surface area contributed by atoms with Crippen LogP contribution >= 0.6 is 11.6 Å². The number of benzene rings is 1. The van der Waals surface area contributed by atoms with Gasteiger partial charge in [-0.15, -0.1) is 0 Å². The molecule has 3 heteroatoms. The molecule has 1 rings (SSSR count). The molecule has 0 fully saturated rings. The highest BCUT2D eigenvalue weighted by Gasteiger charge is 2.17. The van der Waals surface area contributed by atoms with E-state index in [1.54, 1.807) is 7.11 Å². The van der Waals surface area contributed by atoms with Gasteiger partial charge < -0.3 is 4.84 Å². The van der Waals surface area contributed by atoms with Gasteiger partial charge in [-0.3, -0.25) is 0 Å². The first kappa shape index (κ1) is 14.2. The molecule has 1 aromatic rings. The molecular weight excluding hydrogens is 234 g/mol. The van der Waals surface area contributed by atoms with E-state index < -0.39 is 0 Å². The lowest BCUT2D eigenvalue weighted by molar-refractivity contribution is 0.0888. The molecule has 1 aromatic carbocycles. The Morgan fingerprint density at radius 3 is 2.41 bits per heavy atom. The molecule has 0 saturated carbocycles. The van der Waals surface area contributed by atoms with E-state index in [0.29, 0.717) is 5.92 Å². The lowest BCUT2D eigenvalue weighted by atomic mass is 9.86. The lowest BCUT2D eigenvalue weighted by Crippen LogP contribution is -2.23. The van der Waals surface area contributed by atoms with Gasteiger partial charge in [0.05, 0.1) is 7.11 Å². The van der Waals surface area contributed by atoms with Crippen LogP contribution in [0.2, 0.25) is 5.02 Å². The smallest absolute Gasteiger partial charge is 0.0572 e. The largest absolute Gasteiger partial charge is 0.305 e. The van der Waals surface area contributed by atoms with Crippen LogP contribution in [0.3, 0.4) is 0 Å². The first-order valence-corrected chi connectivity index (χ1v) is 6.14. The zero-order valence-corrected chi connectivity index (χ0v) is 11.4. The average molecular weight is 254 g/mol. The van der Waals surface area contributed by atoms with Crippen LogP contribution in [0.4, 0.5) is 0 Å². The van der Waals surface area contributed by atoms with E-state index in [4.69, 9.17) is 16.4 Å². The van der Waals surface area contributed by atoms with Crippen molar-refractivity contribution in [2.75, 3.05) is 13.7 Å². The molecule has 0 aliphatic rings. The minimum atomic E-state index is 0.243. The maximum atomic E-state index is 5.90. The fraction of sp³-hybridized carbons (Fsp3) is 0.429. The van der Waals surface area contributed by atoms with E-state index in [1.807, 2.05) is 24.3 Å². The normalized spacial score (nSPS) is 12.8. The molecule has 0 aliphatic heterocycles. The van der Waals surface area contributed by atoms with Crippen LogP contribution in [-0.4, -0.2) is 13.7 Å². The lowest BCUT2D eigenvalue weighted by Gasteiger charge is -2.22. The molecule has 0 bridgehead atoms. The van der Waals surface area contributed by atoms with E-state index >= 15 is 0 Å². The molecule has 1 N–H and O–H groups in total. The Balaban J connectivity index is 2.89. The van der Waals surface area contributed by atoms with Crippen molar-refractivity contribution < 1.29 is 4.84 Å². The Bertz CT molecular complexity index is 359. The van der Waals surface area contributed by atoms with Gasteiger partial charge in [-0.2, -0.15) is 0 Å². The van der Waals surface area contributed by atoms with Crippen molar-refractivity contribution in [3.05, 3.63) is 47.0 Å². The minimum absolute atomic E-state index is 0.243. The average Bonchev–Trinajstić information content (AvgIpc) is 2.31. The predicted molar refractivity (Wildman–Crippen MR) is 73.2 cm³/mol. The number of hydroxylamine groups is 1. The standard InChI is InChI=1S/C14H20ClNO/c1-10(2)11(3)14(9-16-17-4)12-5-7-13(15)8-6-12/h5-8,10,14,16H,3,9H2,1-2,4H3/t14-/m0/s1. The number of halogens is 1. The summed E-state index contributed by atoms with van der Waals surface area (Å²) in [5.74, 6) is 0.682. The van der Waals surface area contributed by atoms with Crippen molar-refractivity contribution in [2.45, 2.75) is 19.8 Å². The second kappa shape index (κ2) is 6.80. The third-order valence-corrected chi connectivity index (χ3v) is 3.15. The summed E-state index contributed by atoms with van der Waals surface area (Å²) in [7, 11) is 1.62. The maximum Gasteiger partial charge on any atom is 0.0572 e. The summed E-state index contributed by atoms with van der Waals surface area (Å²) in [5.41, 5.74) is 5.30. The van der Waals surface area contributed by atoms with Gasteiger partial charge in [0.15, 0.2) is 0 Å². The molecule has 17 heavy (non-hydrogen) atoms. The molecule has 2 nitrogen and oxygen atoms in total. The fourth-order valence-corrected chi connectivity index (χ4v) is 1.85. The van der Waals surface area contributed by atoms with Crippen molar-refractivity contribution in [1.29, 1.82) is 0 Å². The molecule has 0 spiro atoms. The topological polar surface area (TPSA) is 21.3 Å². The van der Waals surface area contributed by atoms with E-state index in [0.717, 1.165) is 11.6 Å². The van der Waals surface area contributed by atoms with E-state index in [1.165, 1.54) is 11.1 Å². The van der Waals surface area contributed by atoms with Crippen LogP contribution in [0.1, 0.15) is 25.3 Å². The predicted octanol–water partition coefficient (Wildman–Crippen LogP) is 3.79. The Labute approximate surface area is 109 Å². The van der Waals surface area contributed by atoms with Gasteiger partial charge in [0.25, 0.3) is 0 Å². The Morgan fingerprint density at radius 2 is 1.94 bits per heavy atom. The van der Waals surface area contributed by atoms with Crippen LogP contribution in [0.5, 0.6) is 0 Å². The zero-order chi connectivity index (χ0) is 12.8. The highest BCUT2D eigenvalue weighted by Crippen LogP contribution is 2.28. The zero-order valence-electron chi connectivity index (χ0n) is 10.7. The number of rotatable bonds is 6. The molecule has 0 aromatic heterocycles. The maximum absolute atomic E-state index is 5.90. The first-order chi connectivity index (χ1) is 8.06.